The van der Waals surface area contributed by atoms with Gasteiger partial charge in [0.15, 0.2) is 0 Å². The molecule has 0 radical (unpaired) electrons. The zero-order valence-corrected chi connectivity index (χ0v) is 11.8. The van der Waals surface area contributed by atoms with Crippen molar-refractivity contribution in [2.45, 2.75) is 32.8 Å². The number of aliphatic hydroxyl groups is 1. The highest BCUT2D eigenvalue weighted by molar-refractivity contribution is 7.15. The van der Waals surface area contributed by atoms with E-state index in [0.717, 1.165) is 23.4 Å². The van der Waals surface area contributed by atoms with Gasteiger partial charge in [-0.05, 0) is 30.4 Å². The summed E-state index contributed by atoms with van der Waals surface area (Å²) in [6.07, 6.45) is 1.10. The average molecular weight is 277 g/mol. The standard InChI is InChI=1S/C15H16FNOS/c1-15(2)7-11-13(12(18)8-15)19-14(17-11)9-5-3-4-6-10(9)16/h3-6,12,18H,7-8H2,1-2H3. The fourth-order valence-corrected chi connectivity index (χ4v) is 3.74. The van der Waals surface area contributed by atoms with Crippen molar-refractivity contribution in [3.05, 3.63) is 40.7 Å². The van der Waals surface area contributed by atoms with Gasteiger partial charge in [0.05, 0.1) is 16.7 Å². The second kappa shape index (κ2) is 4.39. The van der Waals surface area contributed by atoms with Gasteiger partial charge in [-0.1, -0.05) is 26.0 Å². The first-order valence-electron chi connectivity index (χ1n) is 6.39. The number of hydrogen-bond acceptors (Lipinski definition) is 3. The Balaban J connectivity index is 2.07. The number of halogens is 1. The maximum atomic E-state index is 13.8. The van der Waals surface area contributed by atoms with E-state index in [9.17, 15) is 9.50 Å². The molecule has 1 aliphatic carbocycles. The first-order valence-corrected chi connectivity index (χ1v) is 7.20. The Labute approximate surface area is 115 Å². The highest BCUT2D eigenvalue weighted by Crippen LogP contribution is 2.44. The fourth-order valence-electron chi connectivity index (χ4n) is 2.64. The van der Waals surface area contributed by atoms with Gasteiger partial charge < -0.3 is 5.11 Å². The van der Waals surface area contributed by atoms with E-state index in [4.69, 9.17) is 0 Å². The SMILES string of the molecule is CC1(C)Cc2nc(-c3ccccc3F)sc2C(O)C1. The second-order valence-electron chi connectivity index (χ2n) is 5.87. The predicted molar refractivity (Wildman–Crippen MR) is 74.6 cm³/mol. The van der Waals surface area contributed by atoms with Crippen LogP contribution in [0.1, 0.15) is 36.9 Å². The van der Waals surface area contributed by atoms with Crippen molar-refractivity contribution in [1.82, 2.24) is 4.98 Å². The normalized spacial score (nSPS) is 21.2. The molecule has 1 aromatic carbocycles. The molecule has 1 unspecified atom stereocenters. The molecule has 1 aliphatic rings. The fraction of sp³-hybridized carbons (Fsp3) is 0.400. The van der Waals surface area contributed by atoms with Crippen LogP contribution in [-0.2, 0) is 6.42 Å². The zero-order chi connectivity index (χ0) is 13.6. The molecule has 100 valence electrons. The van der Waals surface area contributed by atoms with Gasteiger partial charge in [0.2, 0.25) is 0 Å². The molecule has 0 amide bonds. The smallest absolute Gasteiger partial charge is 0.133 e. The minimum absolute atomic E-state index is 0.0486. The van der Waals surface area contributed by atoms with E-state index < -0.39 is 6.10 Å². The number of rotatable bonds is 1. The third-order valence-electron chi connectivity index (χ3n) is 3.53. The minimum Gasteiger partial charge on any atom is -0.387 e. The molecule has 1 atom stereocenters. The number of aliphatic hydroxyl groups excluding tert-OH is 1. The van der Waals surface area contributed by atoms with Gasteiger partial charge in [0.25, 0.3) is 0 Å². The van der Waals surface area contributed by atoms with E-state index in [1.165, 1.54) is 17.4 Å². The first-order chi connectivity index (χ1) is 8.96. The van der Waals surface area contributed by atoms with Gasteiger partial charge in [0.1, 0.15) is 10.8 Å². The number of fused-ring (bicyclic) bond motifs is 1. The van der Waals surface area contributed by atoms with Crippen LogP contribution in [0.5, 0.6) is 0 Å². The maximum absolute atomic E-state index is 13.8. The number of thiazole rings is 1. The highest BCUT2D eigenvalue weighted by atomic mass is 32.1. The van der Waals surface area contributed by atoms with Gasteiger partial charge in [-0.3, -0.25) is 0 Å². The first kappa shape index (κ1) is 12.8. The number of hydrogen-bond donors (Lipinski definition) is 1. The van der Waals surface area contributed by atoms with Crippen molar-refractivity contribution in [3.63, 3.8) is 0 Å². The maximum Gasteiger partial charge on any atom is 0.133 e. The summed E-state index contributed by atoms with van der Waals surface area (Å²) in [6.45, 7) is 4.25. The second-order valence-corrected chi connectivity index (χ2v) is 6.90. The molecular formula is C15H16FNOS. The van der Waals surface area contributed by atoms with Crippen molar-refractivity contribution in [2.75, 3.05) is 0 Å². The third kappa shape index (κ3) is 2.30. The van der Waals surface area contributed by atoms with Crippen LogP contribution in [0.3, 0.4) is 0 Å². The van der Waals surface area contributed by atoms with Crippen molar-refractivity contribution in [1.29, 1.82) is 0 Å². The number of aromatic nitrogens is 1. The lowest BCUT2D eigenvalue weighted by atomic mass is 9.77. The summed E-state index contributed by atoms with van der Waals surface area (Å²) in [5, 5.41) is 10.9. The van der Waals surface area contributed by atoms with E-state index in [-0.39, 0.29) is 11.2 Å². The lowest BCUT2D eigenvalue weighted by Crippen LogP contribution is -2.24. The molecule has 0 bridgehead atoms. The van der Waals surface area contributed by atoms with Crippen LogP contribution >= 0.6 is 11.3 Å². The monoisotopic (exact) mass is 277 g/mol. The van der Waals surface area contributed by atoms with E-state index in [0.29, 0.717) is 10.6 Å². The van der Waals surface area contributed by atoms with E-state index in [2.05, 4.69) is 18.8 Å². The average Bonchev–Trinajstić information content (AvgIpc) is 2.71. The summed E-state index contributed by atoms with van der Waals surface area (Å²) in [5.41, 5.74) is 1.49. The molecule has 1 N–H and O–H groups in total. The quantitative estimate of drug-likeness (QED) is 0.856. The van der Waals surface area contributed by atoms with Crippen LogP contribution in [0.15, 0.2) is 24.3 Å². The molecule has 2 nitrogen and oxygen atoms in total. The van der Waals surface area contributed by atoms with Crippen LogP contribution in [0.2, 0.25) is 0 Å². The van der Waals surface area contributed by atoms with Gasteiger partial charge in [-0.15, -0.1) is 11.3 Å². The summed E-state index contributed by atoms with van der Waals surface area (Å²) in [7, 11) is 0. The Hall–Kier alpha value is -1.26. The van der Waals surface area contributed by atoms with Gasteiger partial charge >= 0.3 is 0 Å². The van der Waals surface area contributed by atoms with Crippen molar-refractivity contribution >= 4 is 11.3 Å². The van der Waals surface area contributed by atoms with Crippen LogP contribution < -0.4 is 0 Å². The number of nitrogens with zero attached hydrogens (tertiary/aromatic N) is 1. The van der Waals surface area contributed by atoms with Crippen LogP contribution in [0, 0.1) is 11.2 Å². The summed E-state index contributed by atoms with van der Waals surface area (Å²) in [6, 6.07) is 6.65. The molecule has 4 heteroatoms. The predicted octanol–water partition coefficient (Wildman–Crippen LogP) is 3.96. The Bertz CT molecular complexity index is 620. The topological polar surface area (TPSA) is 33.1 Å². The van der Waals surface area contributed by atoms with Crippen LogP contribution in [0.4, 0.5) is 4.39 Å². The molecule has 19 heavy (non-hydrogen) atoms. The lowest BCUT2D eigenvalue weighted by Gasteiger charge is -2.31. The highest BCUT2D eigenvalue weighted by Gasteiger charge is 2.34. The van der Waals surface area contributed by atoms with Gasteiger partial charge in [-0.25, -0.2) is 9.37 Å². The van der Waals surface area contributed by atoms with Crippen LogP contribution in [-0.4, -0.2) is 10.1 Å². The van der Waals surface area contributed by atoms with Gasteiger partial charge in [-0.2, -0.15) is 0 Å². The molecule has 0 fully saturated rings. The number of benzene rings is 1. The Morgan fingerprint density at radius 2 is 2.11 bits per heavy atom. The third-order valence-corrected chi connectivity index (χ3v) is 4.76. The van der Waals surface area contributed by atoms with Crippen molar-refractivity contribution in [3.8, 4) is 10.6 Å². The molecule has 1 aromatic heterocycles. The molecule has 2 aromatic rings. The molecule has 0 spiro atoms. The Kier molecular flexibility index (Phi) is 2.95. The summed E-state index contributed by atoms with van der Waals surface area (Å²) in [5.74, 6) is -0.262. The summed E-state index contributed by atoms with van der Waals surface area (Å²) >= 11 is 1.41. The van der Waals surface area contributed by atoms with Crippen molar-refractivity contribution < 1.29 is 9.50 Å². The van der Waals surface area contributed by atoms with E-state index in [1.807, 2.05) is 0 Å². The summed E-state index contributed by atoms with van der Waals surface area (Å²) < 4.78 is 13.8. The van der Waals surface area contributed by atoms with Gasteiger partial charge in [0, 0.05) is 5.56 Å². The Morgan fingerprint density at radius 1 is 1.37 bits per heavy atom. The minimum atomic E-state index is -0.475. The largest absolute Gasteiger partial charge is 0.387 e. The van der Waals surface area contributed by atoms with E-state index in [1.54, 1.807) is 18.2 Å². The molecule has 1 heterocycles. The van der Waals surface area contributed by atoms with Crippen molar-refractivity contribution in [2.24, 2.45) is 5.41 Å². The molecule has 3 rings (SSSR count). The van der Waals surface area contributed by atoms with Crippen LogP contribution in [0.25, 0.3) is 10.6 Å². The Morgan fingerprint density at radius 3 is 2.84 bits per heavy atom. The summed E-state index contributed by atoms with van der Waals surface area (Å²) in [4.78, 5) is 5.45. The molecular weight excluding hydrogens is 261 g/mol. The molecule has 0 saturated heterocycles. The lowest BCUT2D eigenvalue weighted by molar-refractivity contribution is 0.102. The molecule has 0 aliphatic heterocycles. The molecule has 0 saturated carbocycles. The van der Waals surface area contributed by atoms with E-state index >= 15 is 0 Å². The zero-order valence-electron chi connectivity index (χ0n) is 11.0.